The molecule has 1 aromatic carbocycles. The third kappa shape index (κ3) is 11.8. The van der Waals surface area contributed by atoms with Crippen LogP contribution in [0.1, 0.15) is 24.8 Å². The van der Waals surface area contributed by atoms with E-state index in [2.05, 4.69) is 21.7 Å². The van der Waals surface area contributed by atoms with Crippen LogP contribution < -0.4 is 0 Å². The number of likely N-dealkylation sites (N-methyl/N-ethyl adjacent to an activating group) is 1. The molecule has 3 heterocycles. The molecule has 3 aliphatic heterocycles. The number of nitrogens with zero attached hydrogens (tertiary/aromatic N) is 3. The maximum atomic E-state index is 12.8. The van der Waals surface area contributed by atoms with E-state index < -0.39 is 24.3 Å². The molecule has 2 N–H and O–H groups in total. The van der Waals surface area contributed by atoms with Crippen LogP contribution in [0.4, 0.5) is 26.3 Å². The van der Waals surface area contributed by atoms with Gasteiger partial charge in [-0.25, -0.2) is 9.59 Å². The van der Waals surface area contributed by atoms with Crippen LogP contribution >= 0.6 is 0 Å². The van der Waals surface area contributed by atoms with Crippen LogP contribution in [-0.4, -0.2) is 120 Å². The molecule has 1 aromatic rings. The van der Waals surface area contributed by atoms with Crippen molar-refractivity contribution in [3.8, 4) is 0 Å². The van der Waals surface area contributed by atoms with E-state index in [1.165, 1.54) is 26.2 Å². The van der Waals surface area contributed by atoms with Crippen molar-refractivity contribution in [3.05, 3.63) is 35.9 Å². The van der Waals surface area contributed by atoms with Crippen LogP contribution in [0, 0.1) is 5.92 Å². The number of ether oxygens (including phenoxy) is 1. The zero-order valence-corrected chi connectivity index (χ0v) is 22.6. The number of piperidine rings is 1. The molecule has 2 atom stereocenters. The van der Waals surface area contributed by atoms with Crippen molar-refractivity contribution in [3.63, 3.8) is 0 Å². The van der Waals surface area contributed by atoms with Crippen LogP contribution in [0.2, 0.25) is 0 Å². The number of carboxylic acids is 2. The summed E-state index contributed by atoms with van der Waals surface area (Å²) in [5, 5.41) is 14.2. The normalized spacial score (nSPS) is 23.7. The molecule has 3 fully saturated rings. The van der Waals surface area contributed by atoms with Gasteiger partial charge in [0.1, 0.15) is 0 Å². The van der Waals surface area contributed by atoms with Gasteiger partial charge < -0.3 is 29.6 Å². The summed E-state index contributed by atoms with van der Waals surface area (Å²) < 4.78 is 69.8. The summed E-state index contributed by atoms with van der Waals surface area (Å²) in [7, 11) is 2.20. The lowest BCUT2D eigenvalue weighted by molar-refractivity contribution is -0.193. The number of halogens is 6. The Morgan fingerprint density at radius 1 is 0.927 bits per heavy atom. The molecule has 232 valence electrons. The Balaban J connectivity index is 0.000000349. The minimum Gasteiger partial charge on any atom is -0.475 e. The van der Waals surface area contributed by atoms with Gasteiger partial charge in [-0.2, -0.15) is 26.3 Å². The lowest BCUT2D eigenvalue weighted by atomic mass is 9.86. The summed E-state index contributed by atoms with van der Waals surface area (Å²) in [5.74, 6) is -4.66. The monoisotopic (exact) mass is 599 g/mol. The molecule has 0 aliphatic carbocycles. The standard InChI is InChI=1S/C22H33N3O2.2C2HF3O2/c1-23-10-12-24(13-11-23)16-20-15-22(27-17-20)8-5-9-25(18-22)21(26)14-19-6-3-2-4-7-19;2*3-2(4,5)1(6)7/h2-4,6-7,20H,5,8-18H2,1H3;2*(H,6,7). The number of rotatable bonds is 4. The van der Waals surface area contributed by atoms with Crippen molar-refractivity contribution in [2.24, 2.45) is 5.92 Å². The first-order chi connectivity index (χ1) is 19.0. The molecule has 2 unspecified atom stereocenters. The fraction of sp³-hybridized carbons (Fsp3) is 0.654. The molecule has 1 spiro atoms. The number of hydrogen-bond acceptors (Lipinski definition) is 6. The van der Waals surface area contributed by atoms with Crippen LogP contribution in [-0.2, 0) is 25.5 Å². The van der Waals surface area contributed by atoms with Crippen molar-refractivity contribution < 1.29 is 55.7 Å². The van der Waals surface area contributed by atoms with E-state index in [9.17, 15) is 31.1 Å². The first kappa shape index (κ1) is 34.3. The first-order valence-corrected chi connectivity index (χ1v) is 13.0. The van der Waals surface area contributed by atoms with E-state index in [1.54, 1.807) is 0 Å². The number of benzene rings is 1. The van der Waals surface area contributed by atoms with Gasteiger partial charge in [-0.1, -0.05) is 30.3 Å². The molecule has 41 heavy (non-hydrogen) atoms. The predicted octanol–water partition coefficient (Wildman–Crippen LogP) is 3.14. The molecule has 9 nitrogen and oxygen atoms in total. The van der Waals surface area contributed by atoms with Gasteiger partial charge in [-0.3, -0.25) is 4.79 Å². The molecule has 3 aliphatic rings. The Morgan fingerprint density at radius 2 is 1.46 bits per heavy atom. The minimum atomic E-state index is -5.08. The summed E-state index contributed by atoms with van der Waals surface area (Å²) in [4.78, 5) is 37.6. The largest absolute Gasteiger partial charge is 0.490 e. The van der Waals surface area contributed by atoms with E-state index in [1.807, 2.05) is 30.3 Å². The Kier molecular flexibility index (Phi) is 12.4. The fourth-order valence-corrected chi connectivity index (χ4v) is 4.93. The number of carbonyl (C=O) groups excluding carboxylic acids is 1. The van der Waals surface area contributed by atoms with Crippen LogP contribution in [0.3, 0.4) is 0 Å². The van der Waals surface area contributed by atoms with Gasteiger partial charge in [0.25, 0.3) is 0 Å². The Morgan fingerprint density at radius 3 is 1.98 bits per heavy atom. The molecular weight excluding hydrogens is 564 g/mol. The van der Waals surface area contributed by atoms with Gasteiger partial charge in [-0.05, 0) is 37.8 Å². The highest BCUT2D eigenvalue weighted by molar-refractivity contribution is 5.79. The summed E-state index contributed by atoms with van der Waals surface area (Å²) >= 11 is 0. The molecule has 0 radical (unpaired) electrons. The number of alkyl halides is 6. The van der Waals surface area contributed by atoms with Crippen molar-refractivity contribution >= 4 is 17.8 Å². The smallest absolute Gasteiger partial charge is 0.475 e. The van der Waals surface area contributed by atoms with E-state index >= 15 is 0 Å². The molecule has 4 rings (SSSR count). The van der Waals surface area contributed by atoms with Gasteiger partial charge in [0.2, 0.25) is 5.91 Å². The number of aliphatic carboxylic acids is 2. The third-order valence-corrected chi connectivity index (χ3v) is 6.97. The second-order valence-corrected chi connectivity index (χ2v) is 10.4. The van der Waals surface area contributed by atoms with Crippen molar-refractivity contribution in [2.45, 2.75) is 43.6 Å². The number of amides is 1. The molecule has 0 bridgehead atoms. The zero-order chi connectivity index (χ0) is 30.8. The quantitative estimate of drug-likeness (QED) is 0.509. The summed E-state index contributed by atoms with van der Waals surface area (Å²) in [5.41, 5.74) is 1.00. The average Bonchev–Trinajstić information content (AvgIpc) is 3.26. The van der Waals surface area contributed by atoms with Crippen molar-refractivity contribution in [1.82, 2.24) is 14.7 Å². The number of hydrogen-bond donors (Lipinski definition) is 2. The minimum absolute atomic E-state index is 0.0954. The second kappa shape index (κ2) is 14.8. The summed E-state index contributed by atoms with van der Waals surface area (Å²) in [6.45, 7) is 8.32. The van der Waals surface area contributed by atoms with Crippen LogP contribution in [0.15, 0.2) is 30.3 Å². The molecule has 3 saturated heterocycles. The number of carbonyl (C=O) groups is 3. The highest BCUT2D eigenvalue weighted by atomic mass is 19.4. The zero-order valence-electron chi connectivity index (χ0n) is 22.6. The van der Waals surface area contributed by atoms with Gasteiger partial charge >= 0.3 is 24.3 Å². The highest BCUT2D eigenvalue weighted by Crippen LogP contribution is 2.38. The van der Waals surface area contributed by atoms with E-state index in [4.69, 9.17) is 24.5 Å². The average molecular weight is 600 g/mol. The van der Waals surface area contributed by atoms with E-state index in [0.717, 1.165) is 51.1 Å². The SMILES string of the molecule is CN1CCN(CC2COC3(CCCN(C(=O)Cc4ccccc4)C3)C2)CC1.O=C(O)C(F)(F)F.O=C(O)C(F)(F)F. The fourth-order valence-electron chi connectivity index (χ4n) is 4.93. The lowest BCUT2D eigenvalue weighted by Gasteiger charge is -2.40. The van der Waals surface area contributed by atoms with Crippen molar-refractivity contribution in [1.29, 1.82) is 0 Å². The first-order valence-electron chi connectivity index (χ1n) is 13.0. The van der Waals surface area contributed by atoms with Gasteiger partial charge in [0.05, 0.1) is 18.6 Å². The number of piperazine rings is 1. The van der Waals surface area contributed by atoms with Crippen molar-refractivity contribution in [2.75, 3.05) is 59.5 Å². The lowest BCUT2D eigenvalue weighted by Crippen LogP contribution is -2.50. The van der Waals surface area contributed by atoms with Crippen LogP contribution in [0.5, 0.6) is 0 Å². The Labute approximate surface area is 233 Å². The maximum absolute atomic E-state index is 12.8. The Hall–Kier alpha value is -2.91. The van der Waals surface area contributed by atoms with Gasteiger partial charge in [-0.15, -0.1) is 0 Å². The summed E-state index contributed by atoms with van der Waals surface area (Å²) in [6, 6.07) is 10.1. The van der Waals surface area contributed by atoms with Gasteiger partial charge in [0, 0.05) is 45.8 Å². The molecule has 1 amide bonds. The number of likely N-dealkylation sites (tertiary alicyclic amines) is 1. The van der Waals surface area contributed by atoms with Gasteiger partial charge in [0.15, 0.2) is 0 Å². The molecule has 15 heteroatoms. The molecule has 0 saturated carbocycles. The predicted molar refractivity (Wildman–Crippen MR) is 134 cm³/mol. The van der Waals surface area contributed by atoms with Crippen LogP contribution in [0.25, 0.3) is 0 Å². The Bertz CT molecular complexity index is 978. The maximum Gasteiger partial charge on any atom is 0.490 e. The third-order valence-electron chi connectivity index (χ3n) is 6.97. The molecule has 0 aromatic heterocycles. The highest BCUT2D eigenvalue weighted by Gasteiger charge is 2.44. The topological polar surface area (TPSA) is 111 Å². The number of carboxylic acid groups (broad SMARTS) is 2. The van der Waals surface area contributed by atoms with E-state index in [0.29, 0.717) is 12.3 Å². The van der Waals surface area contributed by atoms with E-state index in [-0.39, 0.29) is 11.5 Å². The summed E-state index contributed by atoms with van der Waals surface area (Å²) in [6.07, 6.45) is -6.40. The second-order valence-electron chi connectivity index (χ2n) is 10.4. The molecular formula is C26H35F6N3O6.